The lowest BCUT2D eigenvalue weighted by atomic mass is 9.97. The Morgan fingerprint density at radius 2 is 1.61 bits per heavy atom. The van der Waals surface area contributed by atoms with Gasteiger partial charge in [-0.2, -0.15) is 0 Å². The van der Waals surface area contributed by atoms with Crippen LogP contribution in [0.4, 0.5) is 11.4 Å². The van der Waals surface area contributed by atoms with Gasteiger partial charge in [0.05, 0.1) is 17.9 Å². The van der Waals surface area contributed by atoms with Crippen LogP contribution < -0.4 is 15.0 Å². The minimum Gasteiger partial charge on any atom is -0.494 e. The third kappa shape index (κ3) is 4.37. The molecule has 5 nitrogen and oxygen atoms in total. The molecule has 0 unspecified atom stereocenters. The number of ether oxygens (including phenoxy) is 1. The van der Waals surface area contributed by atoms with Crippen LogP contribution in [0.15, 0.2) is 66.4 Å². The van der Waals surface area contributed by atoms with Crippen LogP contribution in [0.25, 0.3) is 5.57 Å². The Balaban J connectivity index is 1.81. The molecule has 4 rings (SSSR count). The summed E-state index contributed by atoms with van der Waals surface area (Å²) in [6.07, 6.45) is 0. The maximum Gasteiger partial charge on any atom is 0.282 e. The third-order valence-corrected chi connectivity index (χ3v) is 5.99. The normalized spacial score (nSPS) is 13.7. The summed E-state index contributed by atoms with van der Waals surface area (Å²) in [6.45, 7) is 8.29. The molecule has 0 radical (unpaired) electrons. The van der Waals surface area contributed by atoms with E-state index in [1.165, 1.54) is 4.90 Å². The largest absolute Gasteiger partial charge is 0.494 e. The van der Waals surface area contributed by atoms with Gasteiger partial charge in [-0.3, -0.25) is 9.59 Å². The molecule has 1 heterocycles. The molecule has 0 saturated heterocycles. The van der Waals surface area contributed by atoms with Gasteiger partial charge in [0.2, 0.25) is 0 Å². The lowest BCUT2D eigenvalue weighted by Gasteiger charge is -2.16. The van der Waals surface area contributed by atoms with Crippen molar-refractivity contribution in [1.82, 2.24) is 0 Å². The van der Waals surface area contributed by atoms with Crippen molar-refractivity contribution >= 4 is 40.4 Å². The second kappa shape index (κ2) is 9.12. The number of benzene rings is 3. The zero-order chi connectivity index (χ0) is 23.7. The average Bonchev–Trinajstić information content (AvgIpc) is 3.01. The van der Waals surface area contributed by atoms with Gasteiger partial charge in [-0.25, -0.2) is 4.90 Å². The summed E-state index contributed by atoms with van der Waals surface area (Å²) in [5, 5.41) is 3.68. The number of rotatable bonds is 6. The first-order chi connectivity index (χ1) is 15.8. The Morgan fingerprint density at radius 3 is 2.24 bits per heavy atom. The molecule has 0 spiro atoms. The van der Waals surface area contributed by atoms with Crippen molar-refractivity contribution < 1.29 is 14.3 Å². The standard InChI is InChI=1S/C27H25ClN2O3/c1-5-33-21-11-8-19(9-12-21)29-25-24(22-13-6-16(2)14-18(22)4)26(31)30(27(25)32)20-10-7-17(3)23(28)15-20/h6-15,29H,5H2,1-4H3. The first-order valence-corrected chi connectivity index (χ1v) is 11.1. The zero-order valence-corrected chi connectivity index (χ0v) is 19.8. The lowest BCUT2D eigenvalue weighted by Crippen LogP contribution is -2.32. The fourth-order valence-electron chi connectivity index (χ4n) is 3.89. The molecule has 0 atom stereocenters. The van der Waals surface area contributed by atoms with Gasteiger partial charge in [0.25, 0.3) is 11.8 Å². The minimum atomic E-state index is -0.427. The number of carbonyl (C=O) groups is 2. The Hall–Kier alpha value is -3.57. The lowest BCUT2D eigenvalue weighted by molar-refractivity contribution is -0.120. The predicted octanol–water partition coefficient (Wildman–Crippen LogP) is 6.06. The molecule has 6 heteroatoms. The van der Waals surface area contributed by atoms with E-state index in [0.717, 1.165) is 22.4 Å². The zero-order valence-electron chi connectivity index (χ0n) is 19.0. The highest BCUT2D eigenvalue weighted by Crippen LogP contribution is 2.36. The van der Waals surface area contributed by atoms with Crippen molar-refractivity contribution in [2.75, 3.05) is 16.8 Å². The van der Waals surface area contributed by atoms with Crippen LogP contribution in [-0.2, 0) is 9.59 Å². The quantitative estimate of drug-likeness (QED) is 0.454. The van der Waals surface area contributed by atoms with Crippen molar-refractivity contribution in [3.05, 3.63) is 93.6 Å². The molecule has 0 fully saturated rings. The summed E-state index contributed by atoms with van der Waals surface area (Å²) < 4.78 is 5.50. The van der Waals surface area contributed by atoms with Crippen molar-refractivity contribution in [3.63, 3.8) is 0 Å². The van der Waals surface area contributed by atoms with E-state index >= 15 is 0 Å². The van der Waals surface area contributed by atoms with E-state index in [0.29, 0.717) is 34.1 Å². The molecule has 0 aromatic heterocycles. The molecule has 168 valence electrons. The van der Waals surface area contributed by atoms with E-state index < -0.39 is 5.91 Å². The monoisotopic (exact) mass is 460 g/mol. The van der Waals surface area contributed by atoms with Crippen molar-refractivity contribution in [3.8, 4) is 5.75 Å². The minimum absolute atomic E-state index is 0.229. The van der Waals surface area contributed by atoms with Crippen LogP contribution in [0.1, 0.15) is 29.2 Å². The maximum absolute atomic E-state index is 13.6. The summed E-state index contributed by atoms with van der Waals surface area (Å²) in [4.78, 5) is 28.4. The Kier molecular flexibility index (Phi) is 6.25. The number of hydrogen-bond donors (Lipinski definition) is 1. The second-order valence-electron chi connectivity index (χ2n) is 8.03. The summed E-state index contributed by atoms with van der Waals surface area (Å²) in [5.41, 5.74) is 5.27. The van der Waals surface area contributed by atoms with E-state index in [1.807, 2.05) is 70.2 Å². The Labute approximate surface area is 198 Å². The van der Waals surface area contributed by atoms with E-state index in [4.69, 9.17) is 16.3 Å². The van der Waals surface area contributed by atoms with Crippen LogP contribution in [0.2, 0.25) is 5.02 Å². The van der Waals surface area contributed by atoms with Gasteiger partial charge in [-0.15, -0.1) is 0 Å². The smallest absolute Gasteiger partial charge is 0.282 e. The van der Waals surface area contributed by atoms with Gasteiger partial charge >= 0.3 is 0 Å². The van der Waals surface area contributed by atoms with E-state index in [2.05, 4.69) is 5.32 Å². The summed E-state index contributed by atoms with van der Waals surface area (Å²) in [6, 6.07) is 18.3. The number of halogens is 1. The second-order valence-corrected chi connectivity index (χ2v) is 8.44. The highest BCUT2D eigenvalue weighted by Gasteiger charge is 2.40. The van der Waals surface area contributed by atoms with Gasteiger partial charge in [-0.1, -0.05) is 41.4 Å². The van der Waals surface area contributed by atoms with Crippen LogP contribution in [0, 0.1) is 20.8 Å². The number of aryl methyl sites for hydroxylation is 3. The van der Waals surface area contributed by atoms with E-state index in [9.17, 15) is 9.59 Å². The fraction of sp³-hybridized carbons (Fsp3) is 0.185. The number of amides is 2. The number of imide groups is 1. The molecular formula is C27H25ClN2O3. The molecule has 0 bridgehead atoms. The molecule has 3 aromatic carbocycles. The van der Waals surface area contributed by atoms with Crippen LogP contribution in [0.3, 0.4) is 0 Å². The molecule has 0 aliphatic carbocycles. The SMILES string of the molecule is CCOc1ccc(NC2=C(c3ccc(C)cc3C)C(=O)N(c3ccc(C)c(Cl)c3)C2=O)cc1. The first kappa shape index (κ1) is 22.6. The van der Waals surface area contributed by atoms with Crippen LogP contribution in [-0.4, -0.2) is 18.4 Å². The number of nitrogens with zero attached hydrogens (tertiary/aromatic N) is 1. The fourth-order valence-corrected chi connectivity index (χ4v) is 4.07. The molecule has 33 heavy (non-hydrogen) atoms. The van der Waals surface area contributed by atoms with E-state index in [1.54, 1.807) is 18.2 Å². The molecule has 3 aromatic rings. The van der Waals surface area contributed by atoms with E-state index in [-0.39, 0.29) is 11.6 Å². The number of carbonyl (C=O) groups excluding carboxylic acids is 2. The molecule has 1 N–H and O–H groups in total. The highest BCUT2D eigenvalue weighted by atomic mass is 35.5. The topological polar surface area (TPSA) is 58.6 Å². The summed E-state index contributed by atoms with van der Waals surface area (Å²) >= 11 is 6.30. The van der Waals surface area contributed by atoms with Gasteiger partial charge < -0.3 is 10.1 Å². The van der Waals surface area contributed by atoms with Gasteiger partial charge in [0.15, 0.2) is 0 Å². The average molecular weight is 461 g/mol. The maximum atomic E-state index is 13.6. The van der Waals surface area contributed by atoms with Gasteiger partial charge in [0, 0.05) is 10.7 Å². The first-order valence-electron chi connectivity index (χ1n) is 10.8. The summed E-state index contributed by atoms with van der Waals surface area (Å²) in [5.74, 6) is -0.0829. The van der Waals surface area contributed by atoms with Crippen LogP contribution >= 0.6 is 11.6 Å². The third-order valence-electron chi connectivity index (χ3n) is 5.58. The van der Waals surface area contributed by atoms with Crippen molar-refractivity contribution in [1.29, 1.82) is 0 Å². The van der Waals surface area contributed by atoms with Crippen molar-refractivity contribution in [2.24, 2.45) is 0 Å². The molecule has 1 aliphatic heterocycles. The Bertz CT molecular complexity index is 1280. The highest BCUT2D eigenvalue weighted by molar-refractivity contribution is 6.46. The molecule has 2 amide bonds. The van der Waals surface area contributed by atoms with Gasteiger partial charge in [-0.05, 0) is 80.8 Å². The van der Waals surface area contributed by atoms with Crippen LogP contribution in [0.5, 0.6) is 5.75 Å². The van der Waals surface area contributed by atoms with Gasteiger partial charge in [0.1, 0.15) is 11.4 Å². The summed E-state index contributed by atoms with van der Waals surface area (Å²) in [7, 11) is 0. The number of nitrogens with one attached hydrogen (secondary N) is 1. The Morgan fingerprint density at radius 1 is 0.879 bits per heavy atom. The number of hydrogen-bond acceptors (Lipinski definition) is 4. The molecular weight excluding hydrogens is 436 g/mol. The number of anilines is 2. The van der Waals surface area contributed by atoms with Crippen molar-refractivity contribution in [2.45, 2.75) is 27.7 Å². The molecule has 1 aliphatic rings. The predicted molar refractivity (Wildman–Crippen MR) is 133 cm³/mol. The molecule has 0 saturated carbocycles.